The quantitative estimate of drug-likeness (QED) is 0.160. The Morgan fingerprint density at radius 1 is 1.19 bits per heavy atom. The Balaban J connectivity index is 2.08. The van der Waals surface area contributed by atoms with Crippen LogP contribution in [0.2, 0.25) is 10.0 Å². The number of nitrogens with two attached hydrogens (primary N) is 2. The van der Waals surface area contributed by atoms with Gasteiger partial charge < -0.3 is 26.2 Å². The average Bonchev–Trinajstić information content (AvgIpc) is 2.69. The van der Waals surface area contributed by atoms with Crippen molar-refractivity contribution in [1.82, 2.24) is 9.88 Å². The summed E-state index contributed by atoms with van der Waals surface area (Å²) in [4.78, 5) is 29.6. The summed E-state index contributed by atoms with van der Waals surface area (Å²) < 4.78 is 28.5. The van der Waals surface area contributed by atoms with Crippen molar-refractivity contribution < 1.29 is 18.0 Å². The summed E-state index contributed by atoms with van der Waals surface area (Å²) in [5.74, 6) is -1.16. The van der Waals surface area contributed by atoms with Crippen LogP contribution in [0.4, 0.5) is 5.69 Å². The van der Waals surface area contributed by atoms with E-state index in [0.29, 0.717) is 16.3 Å². The van der Waals surface area contributed by atoms with E-state index < -0.39 is 27.2 Å². The van der Waals surface area contributed by atoms with Crippen LogP contribution in [-0.4, -0.2) is 38.0 Å². The number of benzene rings is 1. The minimum Gasteiger partial charge on any atom is -0.391 e. The van der Waals surface area contributed by atoms with Crippen LogP contribution >= 0.6 is 23.2 Å². The molecule has 1 heterocycles. The first-order valence-corrected chi connectivity index (χ1v) is 11.5. The van der Waals surface area contributed by atoms with Gasteiger partial charge in [0.1, 0.15) is 18.8 Å². The zero-order valence-electron chi connectivity index (χ0n) is 17.0. The predicted octanol–water partition coefficient (Wildman–Crippen LogP) is 0.727. The Bertz CT molecular complexity index is 1180. The third-order valence-electron chi connectivity index (χ3n) is 3.99. The fourth-order valence-electron chi connectivity index (χ4n) is 2.55. The number of aromatic nitrogens is 1. The Morgan fingerprint density at radius 2 is 1.91 bits per heavy atom. The highest BCUT2D eigenvalue weighted by atomic mass is 35.5. The number of carbonyl (C=O) groups excluding carboxylic acids is 1. The number of aryl methyl sites for hydroxylation is 1. The van der Waals surface area contributed by atoms with E-state index in [9.17, 15) is 18.0 Å². The number of pyridine rings is 1. The number of hydrogen-bond acceptors (Lipinski definition) is 6. The molecule has 0 aliphatic heterocycles. The summed E-state index contributed by atoms with van der Waals surface area (Å²) in [5, 5.41) is 6.35. The molecule has 14 heteroatoms. The third kappa shape index (κ3) is 7.62. The van der Waals surface area contributed by atoms with E-state index in [2.05, 4.69) is 15.2 Å². The summed E-state index contributed by atoms with van der Waals surface area (Å²) in [5.41, 5.74) is 10.2. The van der Waals surface area contributed by atoms with Gasteiger partial charge in [-0.25, -0.2) is 8.42 Å². The monoisotopic (exact) mass is 504 g/mol. The molecule has 0 unspecified atom stereocenters. The minimum atomic E-state index is -3.94. The van der Waals surface area contributed by atoms with Crippen molar-refractivity contribution in [3.63, 3.8) is 0 Å². The zero-order valence-corrected chi connectivity index (χ0v) is 19.3. The number of amides is 1. The molecule has 0 fully saturated rings. The maximum Gasteiger partial charge on any atom is 0.275 e. The van der Waals surface area contributed by atoms with Crippen molar-refractivity contribution in [2.75, 3.05) is 17.9 Å². The fourth-order valence-corrected chi connectivity index (χ4v) is 4.05. The Morgan fingerprint density at radius 3 is 2.56 bits per heavy atom. The molecule has 1 aromatic carbocycles. The molecule has 0 aliphatic carbocycles. The molecule has 0 saturated carbocycles. The van der Waals surface area contributed by atoms with Gasteiger partial charge in [0.15, 0.2) is 0 Å². The normalized spacial score (nSPS) is 11.0. The molecule has 0 spiro atoms. The standard InChI is InChI=1S/C18H22Cl2N6O5S/c1-11-2-5-15(25-32(29,30)10-12-3-4-13(19)14(20)8-12)17(28)26(11)9-16(27)23-6-7-31-24-18(21)22/h2-5,8,25H,6-7,9-10H2,1H3,(H,23,27)(H4,21,22,24). The van der Waals surface area contributed by atoms with Crippen molar-refractivity contribution in [3.8, 4) is 0 Å². The molecule has 6 N–H and O–H groups in total. The zero-order chi connectivity index (χ0) is 23.9. The number of oxime groups is 1. The molecule has 11 nitrogen and oxygen atoms in total. The molecule has 2 aromatic rings. The molecule has 174 valence electrons. The van der Waals surface area contributed by atoms with Gasteiger partial charge in [0.05, 0.1) is 22.3 Å². The van der Waals surface area contributed by atoms with Crippen molar-refractivity contribution >= 4 is 50.8 Å². The second-order valence-electron chi connectivity index (χ2n) is 6.59. The maximum atomic E-state index is 12.8. The first-order chi connectivity index (χ1) is 15.0. The first kappa shape index (κ1) is 25.3. The van der Waals surface area contributed by atoms with Gasteiger partial charge in [-0.05, 0) is 41.9 Å². The molecular formula is C18H22Cl2N6O5S. The lowest BCUT2D eigenvalue weighted by atomic mass is 10.2. The van der Waals surface area contributed by atoms with Crippen molar-refractivity contribution in [2.45, 2.75) is 19.2 Å². The molecule has 0 aliphatic rings. The van der Waals surface area contributed by atoms with E-state index in [-0.39, 0.29) is 36.4 Å². The van der Waals surface area contributed by atoms with E-state index in [0.717, 1.165) is 4.57 Å². The van der Waals surface area contributed by atoms with Gasteiger partial charge in [0.25, 0.3) is 5.56 Å². The van der Waals surface area contributed by atoms with Crippen LogP contribution in [-0.2, 0) is 32.0 Å². The highest BCUT2D eigenvalue weighted by molar-refractivity contribution is 7.91. The Hall–Kier alpha value is -2.96. The molecule has 0 saturated heterocycles. The van der Waals surface area contributed by atoms with Gasteiger partial charge in [0.2, 0.25) is 21.9 Å². The molecular weight excluding hydrogens is 483 g/mol. The Labute approximate surface area is 194 Å². The second-order valence-corrected chi connectivity index (χ2v) is 9.13. The van der Waals surface area contributed by atoms with E-state index in [1.165, 1.54) is 30.3 Å². The summed E-state index contributed by atoms with van der Waals surface area (Å²) in [7, 11) is -3.94. The molecule has 1 amide bonds. The van der Waals surface area contributed by atoms with Gasteiger partial charge in [-0.3, -0.25) is 14.3 Å². The van der Waals surface area contributed by atoms with Crippen LogP contribution in [0.1, 0.15) is 11.3 Å². The summed E-state index contributed by atoms with van der Waals surface area (Å²) in [6.07, 6.45) is 0. The van der Waals surface area contributed by atoms with E-state index >= 15 is 0 Å². The minimum absolute atomic E-state index is 0.0199. The highest BCUT2D eigenvalue weighted by Crippen LogP contribution is 2.23. The number of halogens is 2. The summed E-state index contributed by atoms with van der Waals surface area (Å²) in [6.45, 7) is 1.41. The first-order valence-electron chi connectivity index (χ1n) is 9.11. The lowest BCUT2D eigenvalue weighted by Crippen LogP contribution is -2.36. The topological polar surface area (TPSA) is 171 Å². The van der Waals surface area contributed by atoms with Gasteiger partial charge >= 0.3 is 0 Å². The number of guanidine groups is 1. The number of nitrogens with zero attached hydrogens (tertiary/aromatic N) is 2. The van der Waals surface area contributed by atoms with Crippen LogP contribution < -0.4 is 27.1 Å². The summed E-state index contributed by atoms with van der Waals surface area (Å²) in [6, 6.07) is 7.28. The average molecular weight is 505 g/mol. The molecule has 0 bridgehead atoms. The van der Waals surface area contributed by atoms with E-state index in [1.807, 2.05) is 0 Å². The van der Waals surface area contributed by atoms with Gasteiger partial charge in [-0.1, -0.05) is 29.3 Å². The number of sulfonamides is 1. The van der Waals surface area contributed by atoms with Crippen LogP contribution in [0.3, 0.4) is 0 Å². The van der Waals surface area contributed by atoms with Crippen LogP contribution in [0.15, 0.2) is 40.3 Å². The largest absolute Gasteiger partial charge is 0.391 e. The number of carbonyl (C=O) groups is 1. The van der Waals surface area contributed by atoms with Crippen molar-refractivity contribution in [1.29, 1.82) is 0 Å². The Kier molecular flexibility index (Phi) is 8.75. The molecule has 2 rings (SSSR count). The van der Waals surface area contributed by atoms with Crippen LogP contribution in [0.5, 0.6) is 0 Å². The fraction of sp³-hybridized carbons (Fsp3) is 0.278. The second kappa shape index (κ2) is 11.1. The smallest absolute Gasteiger partial charge is 0.275 e. The number of rotatable bonds is 10. The van der Waals surface area contributed by atoms with Crippen LogP contribution in [0.25, 0.3) is 0 Å². The van der Waals surface area contributed by atoms with Gasteiger partial charge in [-0.2, -0.15) is 0 Å². The van der Waals surface area contributed by atoms with E-state index in [4.69, 9.17) is 39.5 Å². The highest BCUT2D eigenvalue weighted by Gasteiger charge is 2.17. The van der Waals surface area contributed by atoms with Gasteiger partial charge in [0, 0.05) is 5.69 Å². The molecule has 1 aromatic heterocycles. The van der Waals surface area contributed by atoms with Crippen LogP contribution in [0, 0.1) is 6.92 Å². The SMILES string of the molecule is Cc1ccc(NS(=O)(=O)Cc2ccc(Cl)c(Cl)c2)c(=O)n1CC(=O)NCCON=C(N)N. The predicted molar refractivity (Wildman–Crippen MR) is 123 cm³/mol. The summed E-state index contributed by atoms with van der Waals surface area (Å²) >= 11 is 11.8. The lowest BCUT2D eigenvalue weighted by Gasteiger charge is -2.13. The third-order valence-corrected chi connectivity index (χ3v) is 5.97. The van der Waals surface area contributed by atoms with Gasteiger partial charge in [-0.15, -0.1) is 0 Å². The molecule has 0 radical (unpaired) electrons. The van der Waals surface area contributed by atoms with Crippen molar-refractivity contribution in [2.24, 2.45) is 16.6 Å². The number of anilines is 1. The van der Waals surface area contributed by atoms with Crippen molar-refractivity contribution in [3.05, 3.63) is 62.0 Å². The maximum absolute atomic E-state index is 12.8. The molecule has 32 heavy (non-hydrogen) atoms. The number of nitrogens with one attached hydrogen (secondary N) is 2. The molecule has 0 atom stereocenters. The lowest BCUT2D eigenvalue weighted by molar-refractivity contribution is -0.122. The number of hydrogen-bond donors (Lipinski definition) is 4. The van der Waals surface area contributed by atoms with E-state index in [1.54, 1.807) is 6.92 Å².